The Morgan fingerprint density at radius 3 is 2.93 bits per heavy atom. The molecule has 0 aromatic rings. The van der Waals surface area contributed by atoms with Crippen molar-refractivity contribution < 1.29 is 19.4 Å². The quantitative estimate of drug-likeness (QED) is 0.519. The summed E-state index contributed by atoms with van der Waals surface area (Å²) in [4.78, 5) is 22.8. The second-order valence-electron chi connectivity index (χ2n) is 3.62. The molecule has 1 heterocycles. The molecule has 0 aromatic heterocycles. The van der Waals surface area contributed by atoms with Crippen LogP contribution in [0.25, 0.3) is 0 Å². The zero-order chi connectivity index (χ0) is 10.6. The molecular weight excluding hydrogens is 184 g/mol. The number of ether oxygens (including phenoxy) is 1. The number of cyclic esters (lactones) is 1. The molecule has 4 heteroatoms. The van der Waals surface area contributed by atoms with E-state index in [4.69, 9.17) is 9.84 Å². The second-order valence-corrected chi connectivity index (χ2v) is 3.62. The summed E-state index contributed by atoms with van der Waals surface area (Å²) in [5, 5.41) is 8.94. The smallest absolute Gasteiger partial charge is 0.316 e. The van der Waals surface area contributed by atoms with Gasteiger partial charge in [0.25, 0.3) is 0 Å². The van der Waals surface area contributed by atoms with Crippen LogP contribution in [0.5, 0.6) is 0 Å². The van der Waals surface area contributed by atoms with Crippen LogP contribution in [0.15, 0.2) is 0 Å². The molecular formula is C10H16O4. The first-order valence-electron chi connectivity index (χ1n) is 5.01. The number of carbonyl (C=O) groups is 2. The average Bonchev–Trinajstić information content (AvgIpc) is 2.56. The van der Waals surface area contributed by atoms with Gasteiger partial charge >= 0.3 is 5.97 Å². The largest absolute Gasteiger partial charge is 0.465 e. The predicted octanol–water partition coefficient (Wildman–Crippen LogP) is 0.527. The molecule has 1 saturated heterocycles. The number of hydrogen-bond acceptors (Lipinski definition) is 4. The first-order valence-corrected chi connectivity index (χ1v) is 5.01. The topological polar surface area (TPSA) is 63.6 Å². The van der Waals surface area contributed by atoms with Gasteiger partial charge in [0.15, 0.2) is 0 Å². The summed E-state index contributed by atoms with van der Waals surface area (Å²) in [6, 6.07) is 0. The molecule has 0 spiro atoms. The van der Waals surface area contributed by atoms with Gasteiger partial charge in [0, 0.05) is 12.3 Å². The minimum atomic E-state index is -0.716. The lowest BCUT2D eigenvalue weighted by molar-refractivity contribution is -0.144. The fourth-order valence-corrected chi connectivity index (χ4v) is 1.63. The molecule has 0 amide bonds. The molecule has 1 rings (SSSR count). The maximum atomic E-state index is 11.6. The molecule has 0 saturated carbocycles. The van der Waals surface area contributed by atoms with Crippen molar-refractivity contribution in [3.05, 3.63) is 0 Å². The minimum absolute atomic E-state index is 0.0894. The number of ketones is 1. The van der Waals surface area contributed by atoms with Gasteiger partial charge in [-0.05, 0) is 6.42 Å². The van der Waals surface area contributed by atoms with Crippen LogP contribution in [0.3, 0.4) is 0 Å². The summed E-state index contributed by atoms with van der Waals surface area (Å²) in [6.45, 7) is 2.01. The number of unbranched alkanes of at least 4 members (excludes halogenated alkanes) is 1. The van der Waals surface area contributed by atoms with Gasteiger partial charge in [-0.2, -0.15) is 0 Å². The first-order chi connectivity index (χ1) is 6.70. The van der Waals surface area contributed by atoms with E-state index in [2.05, 4.69) is 0 Å². The number of esters is 1. The fraction of sp³-hybridized carbons (Fsp3) is 0.800. The number of aliphatic hydroxyl groups excluding tert-OH is 1. The Balaban J connectivity index is 2.54. The van der Waals surface area contributed by atoms with Crippen molar-refractivity contribution >= 4 is 11.8 Å². The van der Waals surface area contributed by atoms with Gasteiger partial charge in [-0.15, -0.1) is 0 Å². The predicted molar refractivity (Wildman–Crippen MR) is 49.6 cm³/mol. The van der Waals surface area contributed by atoms with E-state index < -0.39 is 11.9 Å². The van der Waals surface area contributed by atoms with Crippen molar-refractivity contribution in [1.29, 1.82) is 0 Å². The van der Waals surface area contributed by atoms with E-state index in [1.807, 2.05) is 6.92 Å². The van der Waals surface area contributed by atoms with Gasteiger partial charge in [-0.1, -0.05) is 13.3 Å². The highest BCUT2D eigenvalue weighted by Crippen LogP contribution is 2.24. The molecule has 14 heavy (non-hydrogen) atoms. The van der Waals surface area contributed by atoms with Crippen LogP contribution in [-0.2, 0) is 14.3 Å². The van der Waals surface area contributed by atoms with Gasteiger partial charge < -0.3 is 9.84 Å². The van der Waals surface area contributed by atoms with Crippen LogP contribution < -0.4 is 0 Å². The molecule has 2 atom stereocenters. The number of rotatable bonds is 5. The van der Waals surface area contributed by atoms with Crippen molar-refractivity contribution in [2.45, 2.75) is 26.2 Å². The third-order valence-corrected chi connectivity index (χ3v) is 2.52. The zero-order valence-electron chi connectivity index (χ0n) is 8.36. The normalized spacial score (nSPS) is 26.3. The summed E-state index contributed by atoms with van der Waals surface area (Å²) in [6.07, 6.45) is 2.13. The van der Waals surface area contributed by atoms with E-state index in [1.54, 1.807) is 0 Å². The molecule has 0 bridgehead atoms. The van der Waals surface area contributed by atoms with Crippen LogP contribution in [0.4, 0.5) is 0 Å². The summed E-state index contributed by atoms with van der Waals surface area (Å²) >= 11 is 0. The molecule has 1 aliphatic heterocycles. The van der Waals surface area contributed by atoms with Crippen LogP contribution in [-0.4, -0.2) is 30.1 Å². The molecule has 1 aliphatic rings. The Morgan fingerprint density at radius 1 is 1.64 bits per heavy atom. The summed E-state index contributed by atoms with van der Waals surface area (Å²) in [7, 11) is 0. The molecule has 2 unspecified atom stereocenters. The number of carbonyl (C=O) groups excluding carboxylic acids is 2. The highest BCUT2D eigenvalue weighted by molar-refractivity contribution is 6.00. The van der Waals surface area contributed by atoms with Crippen molar-refractivity contribution in [3.63, 3.8) is 0 Å². The molecule has 0 aliphatic carbocycles. The lowest BCUT2D eigenvalue weighted by Gasteiger charge is -2.10. The van der Waals surface area contributed by atoms with E-state index in [0.29, 0.717) is 6.42 Å². The van der Waals surface area contributed by atoms with Crippen molar-refractivity contribution in [2.24, 2.45) is 11.8 Å². The van der Waals surface area contributed by atoms with Crippen LogP contribution in [0.1, 0.15) is 26.2 Å². The van der Waals surface area contributed by atoms with E-state index in [9.17, 15) is 9.59 Å². The lowest BCUT2D eigenvalue weighted by atomic mass is 9.90. The van der Waals surface area contributed by atoms with Crippen LogP contribution in [0.2, 0.25) is 0 Å². The van der Waals surface area contributed by atoms with Crippen molar-refractivity contribution in [3.8, 4) is 0 Å². The molecule has 0 radical (unpaired) electrons. The number of aliphatic hydroxyl groups is 1. The lowest BCUT2D eigenvalue weighted by Crippen LogP contribution is -2.27. The summed E-state index contributed by atoms with van der Waals surface area (Å²) < 4.78 is 4.75. The van der Waals surface area contributed by atoms with Gasteiger partial charge in [0.2, 0.25) is 0 Å². The van der Waals surface area contributed by atoms with E-state index in [-0.39, 0.29) is 24.9 Å². The third kappa shape index (κ3) is 2.32. The summed E-state index contributed by atoms with van der Waals surface area (Å²) in [5.74, 6) is -1.60. The maximum absolute atomic E-state index is 11.6. The molecule has 0 aromatic carbocycles. The van der Waals surface area contributed by atoms with Gasteiger partial charge in [0.1, 0.15) is 11.7 Å². The van der Waals surface area contributed by atoms with Crippen molar-refractivity contribution in [2.75, 3.05) is 13.2 Å². The Labute approximate surface area is 83.2 Å². The Hall–Kier alpha value is -0.900. The Morgan fingerprint density at radius 2 is 2.36 bits per heavy atom. The molecule has 1 N–H and O–H groups in total. The van der Waals surface area contributed by atoms with E-state index >= 15 is 0 Å². The van der Waals surface area contributed by atoms with Gasteiger partial charge in [0.05, 0.1) is 13.2 Å². The highest BCUT2D eigenvalue weighted by Gasteiger charge is 2.40. The van der Waals surface area contributed by atoms with E-state index in [1.165, 1.54) is 0 Å². The fourth-order valence-electron chi connectivity index (χ4n) is 1.63. The third-order valence-electron chi connectivity index (χ3n) is 2.52. The monoisotopic (exact) mass is 200 g/mol. The standard InChI is InChI=1S/C10H16O4/c1-2-3-4-8(12)9-7(5-11)6-14-10(9)13/h7,9,11H,2-6H2,1H3. The molecule has 4 nitrogen and oxygen atoms in total. The van der Waals surface area contributed by atoms with Crippen LogP contribution in [0, 0.1) is 11.8 Å². The highest BCUT2D eigenvalue weighted by atomic mass is 16.5. The number of hydrogen-bond donors (Lipinski definition) is 1. The first kappa shape index (κ1) is 11.2. The van der Waals surface area contributed by atoms with Gasteiger partial charge in [-0.3, -0.25) is 9.59 Å². The Bertz CT molecular complexity index is 224. The van der Waals surface area contributed by atoms with Crippen LogP contribution >= 0.6 is 0 Å². The second kappa shape index (κ2) is 5.10. The van der Waals surface area contributed by atoms with Crippen molar-refractivity contribution in [1.82, 2.24) is 0 Å². The van der Waals surface area contributed by atoms with E-state index in [0.717, 1.165) is 12.8 Å². The minimum Gasteiger partial charge on any atom is -0.465 e. The molecule has 1 fully saturated rings. The Kier molecular flexibility index (Phi) is 4.07. The molecule has 80 valence electrons. The number of Topliss-reactive ketones (excluding diaryl/α,β-unsaturated/α-hetero) is 1. The SMILES string of the molecule is CCCCC(=O)C1C(=O)OCC1CO. The summed E-state index contributed by atoms with van der Waals surface area (Å²) in [5.41, 5.74) is 0. The van der Waals surface area contributed by atoms with Gasteiger partial charge in [-0.25, -0.2) is 0 Å². The maximum Gasteiger partial charge on any atom is 0.316 e. The average molecular weight is 200 g/mol. The zero-order valence-corrected chi connectivity index (χ0v) is 8.36.